The van der Waals surface area contributed by atoms with Crippen molar-refractivity contribution < 1.29 is 18.3 Å². The molecule has 0 spiro atoms. The third kappa shape index (κ3) is 3.68. The van der Waals surface area contributed by atoms with Gasteiger partial charge in [0.05, 0.1) is 18.2 Å². The smallest absolute Gasteiger partial charge is 0.394 e. The second-order valence-corrected chi connectivity index (χ2v) is 5.42. The van der Waals surface area contributed by atoms with Crippen molar-refractivity contribution in [3.8, 4) is 0 Å². The van der Waals surface area contributed by atoms with Crippen molar-refractivity contribution in [1.29, 1.82) is 0 Å². The lowest BCUT2D eigenvalue weighted by atomic mass is 10.0. The standard InChI is InChI=1S/C15H21F3N2O/c16-15(17,18)14-6-5-12(8-11(14)9-19)20-7-3-1-2-4-13(20)10-21/h5-6,8,13,21H,1-4,7,9-10,19H2. The maximum absolute atomic E-state index is 12.9. The molecule has 2 rings (SSSR count). The first-order valence-corrected chi connectivity index (χ1v) is 7.25. The van der Waals surface area contributed by atoms with Crippen LogP contribution in [-0.2, 0) is 12.7 Å². The highest BCUT2D eigenvalue weighted by Crippen LogP contribution is 2.35. The van der Waals surface area contributed by atoms with Gasteiger partial charge in [-0.05, 0) is 36.6 Å². The predicted molar refractivity (Wildman–Crippen MR) is 76.0 cm³/mol. The number of hydrogen-bond acceptors (Lipinski definition) is 3. The summed E-state index contributed by atoms with van der Waals surface area (Å²) in [6, 6.07) is 4.05. The first-order chi connectivity index (χ1) is 9.97. The normalized spacial score (nSPS) is 20.4. The van der Waals surface area contributed by atoms with E-state index in [2.05, 4.69) is 0 Å². The van der Waals surface area contributed by atoms with Crippen molar-refractivity contribution >= 4 is 5.69 Å². The Balaban J connectivity index is 2.34. The van der Waals surface area contributed by atoms with Gasteiger partial charge in [0.2, 0.25) is 0 Å². The molecule has 1 heterocycles. The summed E-state index contributed by atoms with van der Waals surface area (Å²) in [6.07, 6.45) is -0.434. The van der Waals surface area contributed by atoms with Crippen LogP contribution in [0.5, 0.6) is 0 Å². The molecule has 6 heteroatoms. The molecule has 1 aromatic rings. The number of nitrogens with zero attached hydrogens (tertiary/aromatic N) is 1. The van der Waals surface area contributed by atoms with Gasteiger partial charge in [0, 0.05) is 18.8 Å². The second kappa shape index (κ2) is 6.66. The van der Waals surface area contributed by atoms with Crippen LogP contribution < -0.4 is 10.6 Å². The highest BCUT2D eigenvalue weighted by Gasteiger charge is 2.33. The summed E-state index contributed by atoms with van der Waals surface area (Å²) >= 11 is 0. The van der Waals surface area contributed by atoms with Gasteiger partial charge in [0.15, 0.2) is 0 Å². The molecule has 1 aliphatic rings. The molecule has 1 fully saturated rings. The van der Waals surface area contributed by atoms with E-state index in [4.69, 9.17) is 5.73 Å². The van der Waals surface area contributed by atoms with Crippen molar-refractivity contribution in [2.75, 3.05) is 18.1 Å². The molecule has 3 nitrogen and oxygen atoms in total. The van der Waals surface area contributed by atoms with Crippen LogP contribution in [0.3, 0.4) is 0 Å². The zero-order valence-corrected chi connectivity index (χ0v) is 11.9. The number of rotatable bonds is 3. The summed E-state index contributed by atoms with van der Waals surface area (Å²) in [7, 11) is 0. The monoisotopic (exact) mass is 302 g/mol. The van der Waals surface area contributed by atoms with Gasteiger partial charge < -0.3 is 15.7 Å². The molecule has 1 atom stereocenters. The van der Waals surface area contributed by atoms with Gasteiger partial charge in [-0.3, -0.25) is 0 Å². The van der Waals surface area contributed by atoms with E-state index in [-0.39, 0.29) is 24.8 Å². The molecule has 0 saturated carbocycles. The number of aliphatic hydroxyl groups excluding tert-OH is 1. The van der Waals surface area contributed by atoms with Gasteiger partial charge in [0.1, 0.15) is 0 Å². The lowest BCUT2D eigenvalue weighted by Crippen LogP contribution is -2.37. The lowest BCUT2D eigenvalue weighted by Gasteiger charge is -2.31. The minimum atomic E-state index is -4.39. The van der Waals surface area contributed by atoms with Gasteiger partial charge in [-0.1, -0.05) is 12.8 Å². The van der Waals surface area contributed by atoms with Gasteiger partial charge in [-0.2, -0.15) is 13.2 Å². The average Bonchev–Trinajstić information content (AvgIpc) is 2.70. The third-order valence-corrected chi connectivity index (χ3v) is 4.03. The number of hydrogen-bond donors (Lipinski definition) is 2. The Labute approximate surface area is 122 Å². The van der Waals surface area contributed by atoms with Crippen LogP contribution >= 0.6 is 0 Å². The quantitative estimate of drug-likeness (QED) is 0.902. The summed E-state index contributed by atoms with van der Waals surface area (Å²) in [5.74, 6) is 0. The molecule has 0 amide bonds. The maximum atomic E-state index is 12.9. The van der Waals surface area contributed by atoms with E-state index in [1.165, 1.54) is 12.1 Å². The fourth-order valence-corrected chi connectivity index (χ4v) is 2.91. The Kier molecular flexibility index (Phi) is 5.11. The molecule has 1 unspecified atom stereocenters. The topological polar surface area (TPSA) is 49.5 Å². The van der Waals surface area contributed by atoms with Gasteiger partial charge >= 0.3 is 6.18 Å². The third-order valence-electron chi connectivity index (χ3n) is 4.03. The lowest BCUT2D eigenvalue weighted by molar-refractivity contribution is -0.138. The second-order valence-electron chi connectivity index (χ2n) is 5.42. The van der Waals surface area contributed by atoms with E-state index in [1.807, 2.05) is 4.90 Å². The zero-order valence-electron chi connectivity index (χ0n) is 11.9. The highest BCUT2D eigenvalue weighted by atomic mass is 19.4. The molecule has 1 aromatic carbocycles. The van der Waals surface area contributed by atoms with E-state index >= 15 is 0 Å². The number of nitrogens with two attached hydrogens (primary N) is 1. The van der Waals surface area contributed by atoms with Crippen LogP contribution in [0.15, 0.2) is 18.2 Å². The van der Waals surface area contributed by atoms with Crippen molar-refractivity contribution in [3.63, 3.8) is 0 Å². The van der Waals surface area contributed by atoms with Gasteiger partial charge in [0.25, 0.3) is 0 Å². The molecule has 118 valence electrons. The zero-order chi connectivity index (χ0) is 15.5. The van der Waals surface area contributed by atoms with Gasteiger partial charge in [-0.25, -0.2) is 0 Å². The first-order valence-electron chi connectivity index (χ1n) is 7.25. The molecule has 0 radical (unpaired) electrons. The molecular formula is C15H21F3N2O. The van der Waals surface area contributed by atoms with Crippen LogP contribution in [0, 0.1) is 0 Å². The SMILES string of the molecule is NCc1cc(N2CCCCCC2CO)ccc1C(F)(F)F. The predicted octanol–water partition coefficient (Wildman–Crippen LogP) is 2.91. The Morgan fingerprint density at radius 1 is 1.24 bits per heavy atom. The summed E-state index contributed by atoms with van der Waals surface area (Å²) < 4.78 is 38.7. The number of anilines is 1. The number of benzene rings is 1. The fourth-order valence-electron chi connectivity index (χ4n) is 2.91. The highest BCUT2D eigenvalue weighted by molar-refractivity contribution is 5.52. The van der Waals surface area contributed by atoms with E-state index in [9.17, 15) is 18.3 Å². The van der Waals surface area contributed by atoms with E-state index in [0.29, 0.717) is 5.69 Å². The molecule has 0 bridgehead atoms. The Morgan fingerprint density at radius 2 is 2.00 bits per heavy atom. The molecular weight excluding hydrogens is 281 g/mol. The summed E-state index contributed by atoms with van der Waals surface area (Å²) in [5.41, 5.74) is 5.61. The van der Waals surface area contributed by atoms with Crippen molar-refractivity contribution in [3.05, 3.63) is 29.3 Å². The van der Waals surface area contributed by atoms with Crippen molar-refractivity contribution in [2.45, 2.75) is 44.4 Å². The summed E-state index contributed by atoms with van der Waals surface area (Å²) in [6.45, 7) is 0.611. The number of alkyl halides is 3. The van der Waals surface area contributed by atoms with Crippen molar-refractivity contribution in [2.24, 2.45) is 5.73 Å². The molecule has 0 aliphatic carbocycles. The molecule has 1 aliphatic heterocycles. The van der Waals surface area contributed by atoms with Crippen LogP contribution in [0.1, 0.15) is 36.8 Å². The van der Waals surface area contributed by atoms with Gasteiger partial charge in [-0.15, -0.1) is 0 Å². The van der Waals surface area contributed by atoms with E-state index < -0.39 is 11.7 Å². The van der Waals surface area contributed by atoms with Crippen LogP contribution in [0.25, 0.3) is 0 Å². The fraction of sp³-hybridized carbons (Fsp3) is 0.600. The van der Waals surface area contributed by atoms with Crippen LogP contribution in [0.2, 0.25) is 0 Å². The van der Waals surface area contributed by atoms with E-state index in [1.54, 1.807) is 0 Å². The minimum Gasteiger partial charge on any atom is -0.394 e. The molecule has 1 saturated heterocycles. The number of halogens is 3. The molecule has 3 N–H and O–H groups in total. The molecule has 21 heavy (non-hydrogen) atoms. The Morgan fingerprint density at radius 3 is 2.62 bits per heavy atom. The number of aliphatic hydroxyl groups is 1. The summed E-state index contributed by atoms with van der Waals surface area (Å²) in [5, 5.41) is 9.51. The van der Waals surface area contributed by atoms with Crippen LogP contribution in [0.4, 0.5) is 18.9 Å². The van der Waals surface area contributed by atoms with Crippen molar-refractivity contribution in [1.82, 2.24) is 0 Å². The van der Waals surface area contributed by atoms with Crippen LogP contribution in [-0.4, -0.2) is 24.3 Å². The Hall–Kier alpha value is -1.27. The Bertz CT molecular complexity index is 476. The minimum absolute atomic E-state index is 0.0129. The largest absolute Gasteiger partial charge is 0.416 e. The maximum Gasteiger partial charge on any atom is 0.416 e. The first kappa shape index (κ1) is 16.1. The van der Waals surface area contributed by atoms with E-state index in [0.717, 1.165) is 38.3 Å². The molecule has 0 aromatic heterocycles. The average molecular weight is 302 g/mol. The summed E-state index contributed by atoms with van der Waals surface area (Å²) in [4.78, 5) is 2.01.